The van der Waals surface area contributed by atoms with Crippen LogP contribution in [0.25, 0.3) is 0 Å². The number of nitrogens with zero attached hydrogens (tertiary/aromatic N) is 3. The van der Waals surface area contributed by atoms with Crippen LogP contribution in [0.1, 0.15) is 0 Å². The van der Waals surface area contributed by atoms with Gasteiger partial charge in [-0.2, -0.15) is 4.98 Å². The van der Waals surface area contributed by atoms with Gasteiger partial charge in [-0.3, -0.25) is 0 Å². The molecule has 1 aliphatic rings. The largest absolute Gasteiger partial charge is 0.494 e. The van der Waals surface area contributed by atoms with Gasteiger partial charge in [0.1, 0.15) is 10.6 Å². The van der Waals surface area contributed by atoms with Crippen LogP contribution in [0.3, 0.4) is 0 Å². The van der Waals surface area contributed by atoms with Gasteiger partial charge >= 0.3 is 0 Å². The van der Waals surface area contributed by atoms with E-state index in [0.717, 1.165) is 25.0 Å². The number of morpholine rings is 1. The van der Waals surface area contributed by atoms with E-state index in [1.165, 1.54) is 19.2 Å². The van der Waals surface area contributed by atoms with Crippen molar-refractivity contribution in [3.63, 3.8) is 0 Å². The van der Waals surface area contributed by atoms with Gasteiger partial charge in [-0.15, -0.1) is 0 Å². The summed E-state index contributed by atoms with van der Waals surface area (Å²) < 4.78 is 52.3. The molecule has 12 heteroatoms. The fourth-order valence-electron chi connectivity index (χ4n) is 3.48. The Bertz CT molecular complexity index is 1270. The zero-order valence-electron chi connectivity index (χ0n) is 18.7. The first-order valence-electron chi connectivity index (χ1n) is 10.5. The summed E-state index contributed by atoms with van der Waals surface area (Å²) in [5.74, 6) is -0.246. The molecule has 4 rings (SSSR count). The van der Waals surface area contributed by atoms with Crippen LogP contribution in [-0.4, -0.2) is 58.8 Å². The first-order chi connectivity index (χ1) is 16.4. The highest BCUT2D eigenvalue weighted by Gasteiger charge is 2.19. The van der Waals surface area contributed by atoms with Gasteiger partial charge < -0.3 is 25.0 Å². The van der Waals surface area contributed by atoms with Crippen molar-refractivity contribution in [1.29, 1.82) is 0 Å². The fourth-order valence-corrected chi connectivity index (χ4v) is 4.36. The van der Waals surface area contributed by atoms with E-state index in [2.05, 4.69) is 30.2 Å². The second-order valence-electron chi connectivity index (χ2n) is 7.33. The second-order valence-corrected chi connectivity index (χ2v) is 9.18. The Kier molecular flexibility index (Phi) is 7.10. The SMILES string of the molecule is CNS(=O)(=O)c1ccccc1Nc1nc(Nc2ccc(N3CCOCC3)cc2OC)ncc1F. The predicted octanol–water partition coefficient (Wildman–Crippen LogP) is 2.86. The van der Waals surface area contributed by atoms with E-state index in [1.807, 2.05) is 18.2 Å². The maximum atomic E-state index is 14.5. The smallest absolute Gasteiger partial charge is 0.242 e. The second kappa shape index (κ2) is 10.2. The Balaban J connectivity index is 1.59. The average molecular weight is 489 g/mol. The summed E-state index contributed by atoms with van der Waals surface area (Å²) in [7, 11) is -0.906. The topological polar surface area (TPSA) is 118 Å². The van der Waals surface area contributed by atoms with Gasteiger partial charge in [-0.05, 0) is 31.3 Å². The number of nitrogens with one attached hydrogen (secondary N) is 3. The van der Waals surface area contributed by atoms with E-state index in [0.29, 0.717) is 24.7 Å². The first kappa shape index (κ1) is 23.7. The molecule has 0 atom stereocenters. The van der Waals surface area contributed by atoms with Crippen LogP contribution < -0.4 is 25.0 Å². The molecule has 0 spiro atoms. The van der Waals surface area contributed by atoms with Crippen LogP contribution in [0.4, 0.5) is 33.2 Å². The van der Waals surface area contributed by atoms with Gasteiger partial charge in [0.2, 0.25) is 16.0 Å². The van der Waals surface area contributed by atoms with Crippen molar-refractivity contribution in [2.75, 3.05) is 56.0 Å². The lowest BCUT2D eigenvalue weighted by Crippen LogP contribution is -2.36. The molecule has 1 saturated heterocycles. The Morgan fingerprint density at radius 2 is 1.85 bits per heavy atom. The fraction of sp³-hybridized carbons (Fsp3) is 0.273. The highest BCUT2D eigenvalue weighted by Crippen LogP contribution is 2.32. The molecule has 0 bridgehead atoms. The number of sulfonamides is 1. The monoisotopic (exact) mass is 488 g/mol. The van der Waals surface area contributed by atoms with Gasteiger partial charge in [-0.25, -0.2) is 22.5 Å². The van der Waals surface area contributed by atoms with Crippen molar-refractivity contribution < 1.29 is 22.3 Å². The summed E-state index contributed by atoms with van der Waals surface area (Å²) in [6.45, 7) is 2.91. The minimum absolute atomic E-state index is 0.0367. The zero-order chi connectivity index (χ0) is 24.1. The molecule has 0 amide bonds. The molecule has 10 nitrogen and oxygen atoms in total. The number of halogens is 1. The van der Waals surface area contributed by atoms with E-state index in [1.54, 1.807) is 19.2 Å². The van der Waals surface area contributed by atoms with Crippen LogP contribution in [0.5, 0.6) is 5.75 Å². The lowest BCUT2D eigenvalue weighted by atomic mass is 10.2. The van der Waals surface area contributed by atoms with Crippen molar-refractivity contribution >= 4 is 38.9 Å². The molecule has 2 heterocycles. The number of rotatable bonds is 8. The molecule has 1 aliphatic heterocycles. The molecule has 1 aromatic heterocycles. The summed E-state index contributed by atoms with van der Waals surface area (Å²) in [5, 5.41) is 5.79. The Morgan fingerprint density at radius 1 is 1.09 bits per heavy atom. The van der Waals surface area contributed by atoms with Gasteiger partial charge in [0.15, 0.2) is 11.6 Å². The van der Waals surface area contributed by atoms with Crippen LogP contribution in [-0.2, 0) is 14.8 Å². The number of hydrogen-bond acceptors (Lipinski definition) is 9. The summed E-state index contributed by atoms with van der Waals surface area (Å²) >= 11 is 0. The molecule has 0 aliphatic carbocycles. The van der Waals surface area contributed by atoms with Crippen LogP contribution >= 0.6 is 0 Å². The minimum atomic E-state index is -3.77. The number of methoxy groups -OCH3 is 1. The van der Waals surface area contributed by atoms with Gasteiger partial charge in [-0.1, -0.05) is 12.1 Å². The number of benzene rings is 2. The highest BCUT2D eigenvalue weighted by atomic mass is 32.2. The number of hydrogen-bond donors (Lipinski definition) is 3. The molecule has 3 N–H and O–H groups in total. The third kappa shape index (κ3) is 5.19. The van der Waals surface area contributed by atoms with Crippen molar-refractivity contribution in [1.82, 2.24) is 14.7 Å². The average Bonchev–Trinajstić information content (AvgIpc) is 2.87. The maximum Gasteiger partial charge on any atom is 0.242 e. The first-order valence-corrected chi connectivity index (χ1v) is 12.0. The number of ether oxygens (including phenoxy) is 2. The zero-order valence-corrected chi connectivity index (χ0v) is 19.5. The summed E-state index contributed by atoms with van der Waals surface area (Å²) in [6.07, 6.45) is 1.00. The number of para-hydroxylation sites is 1. The van der Waals surface area contributed by atoms with Crippen molar-refractivity contribution in [2.24, 2.45) is 0 Å². The minimum Gasteiger partial charge on any atom is -0.494 e. The van der Waals surface area contributed by atoms with Crippen molar-refractivity contribution in [2.45, 2.75) is 4.90 Å². The Labute approximate surface area is 197 Å². The molecular weight excluding hydrogens is 463 g/mol. The highest BCUT2D eigenvalue weighted by molar-refractivity contribution is 7.89. The Hall–Kier alpha value is -3.48. The van der Waals surface area contributed by atoms with E-state index in [9.17, 15) is 12.8 Å². The molecule has 180 valence electrons. The molecule has 3 aromatic rings. The van der Waals surface area contributed by atoms with E-state index < -0.39 is 15.8 Å². The van der Waals surface area contributed by atoms with Gasteiger partial charge in [0.05, 0.1) is 37.9 Å². The van der Waals surface area contributed by atoms with E-state index in [-0.39, 0.29) is 22.3 Å². The normalized spacial score (nSPS) is 14.0. The molecule has 1 fully saturated rings. The number of aromatic nitrogens is 2. The van der Waals surface area contributed by atoms with Gasteiger partial charge in [0.25, 0.3) is 0 Å². The van der Waals surface area contributed by atoms with E-state index >= 15 is 0 Å². The lowest BCUT2D eigenvalue weighted by molar-refractivity contribution is 0.122. The molecule has 0 unspecified atom stereocenters. The predicted molar refractivity (Wildman–Crippen MR) is 127 cm³/mol. The third-order valence-corrected chi connectivity index (χ3v) is 6.72. The van der Waals surface area contributed by atoms with Gasteiger partial charge in [0, 0.05) is 24.8 Å². The van der Waals surface area contributed by atoms with Crippen LogP contribution in [0, 0.1) is 5.82 Å². The standard InChI is InChI=1S/C22H25FN6O4S/c1-24-34(30,31)20-6-4-3-5-18(20)26-21-16(23)14-25-22(28-21)27-17-8-7-15(13-19(17)32-2)29-9-11-33-12-10-29/h3-8,13-14,24H,9-12H2,1-2H3,(H2,25,26,27,28). The molecule has 0 saturated carbocycles. The Morgan fingerprint density at radius 3 is 2.59 bits per heavy atom. The molecule has 2 aromatic carbocycles. The van der Waals surface area contributed by atoms with Crippen LogP contribution in [0.15, 0.2) is 53.6 Å². The van der Waals surface area contributed by atoms with E-state index in [4.69, 9.17) is 9.47 Å². The summed E-state index contributed by atoms with van der Waals surface area (Å²) in [6, 6.07) is 11.8. The number of anilines is 5. The molecular formula is C22H25FN6O4S. The van der Waals surface area contributed by atoms with Crippen molar-refractivity contribution in [3.8, 4) is 5.75 Å². The quantitative estimate of drug-likeness (QED) is 0.440. The third-order valence-electron chi connectivity index (χ3n) is 5.25. The lowest BCUT2D eigenvalue weighted by Gasteiger charge is -2.29. The van der Waals surface area contributed by atoms with Crippen molar-refractivity contribution in [3.05, 3.63) is 54.5 Å². The van der Waals surface area contributed by atoms with Crippen LogP contribution in [0.2, 0.25) is 0 Å². The molecule has 34 heavy (non-hydrogen) atoms. The molecule has 0 radical (unpaired) electrons. The maximum absolute atomic E-state index is 14.5. The summed E-state index contributed by atoms with van der Waals surface area (Å²) in [5.41, 5.74) is 1.76. The summed E-state index contributed by atoms with van der Waals surface area (Å²) in [4.78, 5) is 10.4.